The standard InChI is InChI=1S/C14H12F3N3/c15-14(16,17)13-7-12(10(18)8-19-13)20-6-5-9-3-1-2-4-11(9)20/h1-4,7-8H,5-6,18H2. The lowest BCUT2D eigenvalue weighted by atomic mass is 10.2. The van der Waals surface area contributed by atoms with Gasteiger partial charge in [-0.05, 0) is 24.1 Å². The number of nitrogens with zero attached hydrogens (tertiary/aromatic N) is 2. The van der Waals surface area contributed by atoms with Crippen molar-refractivity contribution in [1.29, 1.82) is 0 Å². The lowest BCUT2D eigenvalue weighted by Gasteiger charge is -2.22. The quantitative estimate of drug-likeness (QED) is 0.870. The number of para-hydroxylation sites is 1. The number of fused-ring (bicyclic) bond motifs is 1. The van der Waals surface area contributed by atoms with E-state index in [0.29, 0.717) is 12.2 Å². The molecule has 104 valence electrons. The van der Waals surface area contributed by atoms with E-state index in [-0.39, 0.29) is 5.69 Å². The molecule has 0 bridgehead atoms. The van der Waals surface area contributed by atoms with Crippen molar-refractivity contribution in [3.8, 4) is 0 Å². The molecule has 1 aliphatic rings. The summed E-state index contributed by atoms with van der Waals surface area (Å²) in [5, 5.41) is 0. The van der Waals surface area contributed by atoms with E-state index >= 15 is 0 Å². The van der Waals surface area contributed by atoms with Crippen LogP contribution in [0.4, 0.5) is 30.2 Å². The third-order valence-electron chi connectivity index (χ3n) is 3.38. The van der Waals surface area contributed by atoms with E-state index in [1.807, 2.05) is 29.2 Å². The first-order chi connectivity index (χ1) is 9.47. The van der Waals surface area contributed by atoms with Crippen molar-refractivity contribution in [3.63, 3.8) is 0 Å². The van der Waals surface area contributed by atoms with Crippen LogP contribution in [0.3, 0.4) is 0 Å². The molecule has 3 nitrogen and oxygen atoms in total. The van der Waals surface area contributed by atoms with Crippen LogP contribution in [0.1, 0.15) is 11.3 Å². The van der Waals surface area contributed by atoms with Crippen LogP contribution in [0, 0.1) is 0 Å². The number of halogens is 3. The molecule has 1 aromatic heterocycles. The van der Waals surface area contributed by atoms with E-state index in [9.17, 15) is 13.2 Å². The summed E-state index contributed by atoms with van der Waals surface area (Å²) < 4.78 is 38.3. The van der Waals surface area contributed by atoms with E-state index in [2.05, 4.69) is 4.98 Å². The second-order valence-corrected chi connectivity index (χ2v) is 4.66. The molecule has 0 radical (unpaired) electrons. The zero-order valence-corrected chi connectivity index (χ0v) is 10.5. The third kappa shape index (κ3) is 2.07. The number of hydrogen-bond donors (Lipinski definition) is 1. The second-order valence-electron chi connectivity index (χ2n) is 4.66. The van der Waals surface area contributed by atoms with Crippen molar-refractivity contribution in [1.82, 2.24) is 4.98 Å². The number of nitrogens with two attached hydrogens (primary N) is 1. The molecule has 2 N–H and O–H groups in total. The predicted molar refractivity (Wildman–Crippen MR) is 70.8 cm³/mol. The van der Waals surface area contributed by atoms with Gasteiger partial charge in [0.25, 0.3) is 0 Å². The van der Waals surface area contributed by atoms with Gasteiger partial charge in [-0.3, -0.25) is 0 Å². The van der Waals surface area contributed by atoms with Crippen LogP contribution in [0.25, 0.3) is 0 Å². The van der Waals surface area contributed by atoms with Crippen LogP contribution in [-0.4, -0.2) is 11.5 Å². The maximum atomic E-state index is 12.8. The fraction of sp³-hybridized carbons (Fsp3) is 0.214. The lowest BCUT2D eigenvalue weighted by molar-refractivity contribution is -0.141. The average molecular weight is 279 g/mol. The highest BCUT2D eigenvalue weighted by Crippen LogP contribution is 2.39. The van der Waals surface area contributed by atoms with Crippen LogP contribution in [0.2, 0.25) is 0 Å². The minimum Gasteiger partial charge on any atom is -0.396 e. The number of alkyl halides is 3. The van der Waals surface area contributed by atoms with Crippen molar-refractivity contribution in [2.75, 3.05) is 17.2 Å². The Balaban J connectivity index is 2.08. The van der Waals surface area contributed by atoms with Gasteiger partial charge in [0, 0.05) is 12.2 Å². The summed E-state index contributed by atoms with van der Waals surface area (Å²) in [7, 11) is 0. The molecule has 0 atom stereocenters. The van der Waals surface area contributed by atoms with Crippen LogP contribution >= 0.6 is 0 Å². The molecule has 1 aromatic carbocycles. The number of nitrogen functional groups attached to an aromatic ring is 1. The number of anilines is 3. The first kappa shape index (κ1) is 12.8. The number of aromatic nitrogens is 1. The Morgan fingerprint density at radius 2 is 1.90 bits per heavy atom. The van der Waals surface area contributed by atoms with Crippen LogP contribution in [0.5, 0.6) is 0 Å². The summed E-state index contributed by atoms with van der Waals surface area (Å²) in [4.78, 5) is 5.17. The van der Waals surface area contributed by atoms with Gasteiger partial charge < -0.3 is 10.6 Å². The third-order valence-corrected chi connectivity index (χ3v) is 3.38. The molecule has 0 saturated heterocycles. The van der Waals surface area contributed by atoms with Gasteiger partial charge in [0.1, 0.15) is 5.69 Å². The number of hydrogen-bond acceptors (Lipinski definition) is 3. The minimum absolute atomic E-state index is 0.245. The first-order valence-corrected chi connectivity index (χ1v) is 6.15. The molecule has 3 rings (SSSR count). The topological polar surface area (TPSA) is 42.1 Å². The minimum atomic E-state index is -4.47. The van der Waals surface area contributed by atoms with Gasteiger partial charge >= 0.3 is 6.18 Å². The zero-order valence-electron chi connectivity index (χ0n) is 10.5. The molecule has 0 aliphatic carbocycles. The summed E-state index contributed by atoms with van der Waals surface area (Å²) in [5.74, 6) is 0. The molecule has 0 unspecified atom stereocenters. The molecule has 0 amide bonds. The van der Waals surface area contributed by atoms with E-state index in [0.717, 1.165) is 29.9 Å². The first-order valence-electron chi connectivity index (χ1n) is 6.15. The van der Waals surface area contributed by atoms with Crippen LogP contribution in [0.15, 0.2) is 36.5 Å². The lowest BCUT2D eigenvalue weighted by Crippen LogP contribution is -2.17. The average Bonchev–Trinajstić information content (AvgIpc) is 2.82. The zero-order chi connectivity index (χ0) is 14.3. The molecule has 0 spiro atoms. The normalized spacial score (nSPS) is 14.4. The largest absolute Gasteiger partial charge is 0.433 e. The fourth-order valence-corrected chi connectivity index (χ4v) is 2.43. The Hall–Kier alpha value is -2.24. The molecule has 20 heavy (non-hydrogen) atoms. The highest BCUT2D eigenvalue weighted by atomic mass is 19.4. The van der Waals surface area contributed by atoms with E-state index in [1.54, 1.807) is 0 Å². The molecular weight excluding hydrogens is 267 g/mol. The Morgan fingerprint density at radius 3 is 2.65 bits per heavy atom. The molecule has 1 aliphatic heterocycles. The van der Waals surface area contributed by atoms with Gasteiger partial charge in [0.05, 0.1) is 17.6 Å². The Labute approximate surface area is 113 Å². The summed E-state index contributed by atoms with van der Waals surface area (Å²) >= 11 is 0. The van der Waals surface area contributed by atoms with Crippen LogP contribution in [-0.2, 0) is 12.6 Å². The van der Waals surface area contributed by atoms with Gasteiger partial charge in [0.15, 0.2) is 0 Å². The maximum absolute atomic E-state index is 12.8. The number of benzene rings is 1. The van der Waals surface area contributed by atoms with Gasteiger partial charge in [-0.2, -0.15) is 13.2 Å². The maximum Gasteiger partial charge on any atom is 0.433 e. The molecule has 6 heteroatoms. The second kappa shape index (κ2) is 4.40. The van der Waals surface area contributed by atoms with Gasteiger partial charge in [-0.15, -0.1) is 0 Å². The SMILES string of the molecule is Nc1cnc(C(F)(F)F)cc1N1CCc2ccccc21. The van der Waals surface area contributed by atoms with Crippen LogP contribution < -0.4 is 10.6 Å². The fourth-order valence-electron chi connectivity index (χ4n) is 2.43. The summed E-state index contributed by atoms with van der Waals surface area (Å²) in [6.45, 7) is 0.616. The van der Waals surface area contributed by atoms with Crippen molar-refractivity contribution in [2.24, 2.45) is 0 Å². The molecule has 0 fully saturated rings. The summed E-state index contributed by atoms with van der Waals surface area (Å²) in [6, 6.07) is 8.64. The molecule has 0 saturated carbocycles. The molecule has 2 heterocycles. The Kier molecular flexibility index (Phi) is 2.81. The number of pyridine rings is 1. The molecular formula is C14H12F3N3. The highest BCUT2D eigenvalue weighted by Gasteiger charge is 2.34. The van der Waals surface area contributed by atoms with Crippen molar-refractivity contribution >= 4 is 17.1 Å². The van der Waals surface area contributed by atoms with E-state index in [1.165, 1.54) is 0 Å². The molecule has 2 aromatic rings. The predicted octanol–water partition coefficient (Wildman–Crippen LogP) is 3.38. The summed E-state index contributed by atoms with van der Waals surface area (Å²) in [5.41, 5.74) is 7.49. The van der Waals surface area contributed by atoms with E-state index in [4.69, 9.17) is 5.73 Å². The van der Waals surface area contributed by atoms with Crippen molar-refractivity contribution in [3.05, 3.63) is 47.8 Å². The van der Waals surface area contributed by atoms with Crippen molar-refractivity contribution < 1.29 is 13.2 Å². The van der Waals surface area contributed by atoms with Crippen molar-refractivity contribution in [2.45, 2.75) is 12.6 Å². The van der Waals surface area contributed by atoms with Gasteiger partial charge in [-0.1, -0.05) is 18.2 Å². The monoisotopic (exact) mass is 279 g/mol. The van der Waals surface area contributed by atoms with Gasteiger partial charge in [0.2, 0.25) is 0 Å². The van der Waals surface area contributed by atoms with E-state index < -0.39 is 11.9 Å². The number of rotatable bonds is 1. The highest BCUT2D eigenvalue weighted by molar-refractivity contribution is 5.78. The Bertz CT molecular complexity index is 652. The summed E-state index contributed by atoms with van der Waals surface area (Å²) in [6.07, 6.45) is -2.61. The van der Waals surface area contributed by atoms with Gasteiger partial charge in [-0.25, -0.2) is 4.98 Å². The smallest absolute Gasteiger partial charge is 0.396 e. The Morgan fingerprint density at radius 1 is 1.15 bits per heavy atom.